The van der Waals surface area contributed by atoms with Crippen molar-refractivity contribution in [3.63, 3.8) is 0 Å². The van der Waals surface area contributed by atoms with E-state index in [1.165, 1.54) is 60.9 Å². The van der Waals surface area contributed by atoms with Crippen LogP contribution in [0.15, 0.2) is 71.9 Å². The number of imide groups is 1. The molecule has 2 heterocycles. The Bertz CT molecular complexity index is 1370. The third-order valence-corrected chi connectivity index (χ3v) is 6.44. The number of hydrogen-bond acceptors (Lipinski definition) is 7. The molecule has 1 saturated heterocycles. The molecule has 11 nitrogen and oxygen atoms in total. The van der Waals surface area contributed by atoms with Gasteiger partial charge in [0.1, 0.15) is 11.7 Å². The van der Waals surface area contributed by atoms with E-state index in [-0.39, 0.29) is 35.2 Å². The summed E-state index contributed by atoms with van der Waals surface area (Å²) < 4.78 is 41.1. The summed E-state index contributed by atoms with van der Waals surface area (Å²) in [6.07, 6.45) is 2.77. The molecule has 180 valence electrons. The first-order valence-electron chi connectivity index (χ1n) is 10.3. The molecule has 0 aliphatic carbocycles. The van der Waals surface area contributed by atoms with E-state index in [4.69, 9.17) is 0 Å². The lowest BCUT2D eigenvalue weighted by molar-refractivity contribution is -0.139. The first kappa shape index (κ1) is 23.8. The quantitative estimate of drug-likeness (QED) is 0.420. The van der Waals surface area contributed by atoms with E-state index in [2.05, 4.69) is 25.3 Å². The van der Waals surface area contributed by atoms with Gasteiger partial charge in [0.05, 0.1) is 11.4 Å². The highest BCUT2D eigenvalue weighted by molar-refractivity contribution is 7.92. The zero-order valence-corrected chi connectivity index (χ0v) is 18.8. The molecule has 0 saturated carbocycles. The average Bonchev–Trinajstić information content (AvgIpc) is 2.83. The molecule has 4 rings (SSSR count). The van der Waals surface area contributed by atoms with E-state index in [1.807, 2.05) is 0 Å². The highest BCUT2D eigenvalue weighted by Gasteiger charge is 2.39. The van der Waals surface area contributed by atoms with E-state index >= 15 is 0 Å². The van der Waals surface area contributed by atoms with Crippen LogP contribution in [0, 0.1) is 11.7 Å². The summed E-state index contributed by atoms with van der Waals surface area (Å²) in [6, 6.07) is 11.7. The summed E-state index contributed by atoms with van der Waals surface area (Å²) in [5.74, 6) is -3.41. The molecule has 0 bridgehead atoms. The lowest BCUT2D eigenvalue weighted by Gasteiger charge is -2.30. The van der Waals surface area contributed by atoms with Crippen molar-refractivity contribution in [2.75, 3.05) is 16.6 Å². The molecular formula is C22H19FN6O5S. The van der Waals surface area contributed by atoms with Crippen LogP contribution in [0.1, 0.15) is 5.56 Å². The molecule has 1 aromatic heterocycles. The van der Waals surface area contributed by atoms with E-state index in [9.17, 15) is 27.2 Å². The molecule has 0 spiro atoms. The van der Waals surface area contributed by atoms with Crippen molar-refractivity contribution >= 4 is 39.5 Å². The van der Waals surface area contributed by atoms with Gasteiger partial charge in [0.25, 0.3) is 10.0 Å². The van der Waals surface area contributed by atoms with Crippen molar-refractivity contribution in [3.05, 3.63) is 78.4 Å². The Kier molecular flexibility index (Phi) is 6.68. The summed E-state index contributed by atoms with van der Waals surface area (Å²) >= 11 is 0. The van der Waals surface area contributed by atoms with Gasteiger partial charge in [-0.2, -0.15) is 0 Å². The molecule has 1 aliphatic rings. The van der Waals surface area contributed by atoms with Crippen LogP contribution in [0.25, 0.3) is 0 Å². The SMILES string of the molecule is O=C(Nc1ccc(S(=O)(=O)Nc2ncccn2)cc1)C1CNC(=O)N(Cc2ccccc2F)C1=O. The zero-order chi connectivity index (χ0) is 25.0. The first-order chi connectivity index (χ1) is 16.7. The summed E-state index contributed by atoms with van der Waals surface area (Å²) in [5, 5.41) is 4.98. The fraction of sp³-hybridized carbons (Fsp3) is 0.136. The third-order valence-electron chi connectivity index (χ3n) is 5.09. The monoisotopic (exact) mass is 498 g/mol. The van der Waals surface area contributed by atoms with E-state index in [0.717, 1.165) is 4.90 Å². The maximum Gasteiger partial charge on any atom is 0.324 e. The van der Waals surface area contributed by atoms with Gasteiger partial charge in [0.2, 0.25) is 17.8 Å². The number of sulfonamides is 1. The van der Waals surface area contributed by atoms with Crippen LogP contribution in [-0.2, 0) is 26.2 Å². The Hall–Kier alpha value is -4.39. The molecule has 0 radical (unpaired) electrons. The topological polar surface area (TPSA) is 150 Å². The van der Waals surface area contributed by atoms with Crippen molar-refractivity contribution in [1.82, 2.24) is 20.2 Å². The van der Waals surface area contributed by atoms with Gasteiger partial charge in [-0.1, -0.05) is 18.2 Å². The Balaban J connectivity index is 1.43. The van der Waals surface area contributed by atoms with Gasteiger partial charge in [0, 0.05) is 30.2 Å². The number of hydrogen-bond donors (Lipinski definition) is 3. The standard InChI is InChI=1S/C22H19FN6O5S/c23-18-5-2-1-4-14(18)13-29-20(31)17(12-26-22(29)32)19(30)27-15-6-8-16(9-7-15)35(33,34)28-21-24-10-3-11-25-21/h1-11,17H,12-13H2,(H,26,32)(H,27,30)(H,24,25,28). The average molecular weight is 498 g/mol. The van der Waals surface area contributed by atoms with Crippen molar-refractivity contribution in [3.8, 4) is 0 Å². The number of nitrogens with zero attached hydrogens (tertiary/aromatic N) is 3. The van der Waals surface area contributed by atoms with Gasteiger partial charge < -0.3 is 10.6 Å². The zero-order valence-electron chi connectivity index (χ0n) is 18.0. The molecule has 1 atom stereocenters. The fourth-order valence-corrected chi connectivity index (χ4v) is 4.25. The van der Waals surface area contributed by atoms with Gasteiger partial charge in [-0.15, -0.1) is 0 Å². The molecule has 1 fully saturated rings. The van der Waals surface area contributed by atoms with Crippen molar-refractivity contribution in [1.29, 1.82) is 0 Å². The number of urea groups is 1. The molecule has 3 aromatic rings. The molecule has 4 amide bonds. The van der Waals surface area contributed by atoms with Gasteiger partial charge >= 0.3 is 6.03 Å². The van der Waals surface area contributed by atoms with Gasteiger partial charge in [-0.3, -0.25) is 14.5 Å². The molecule has 1 aliphatic heterocycles. The molecule has 1 unspecified atom stereocenters. The lowest BCUT2D eigenvalue weighted by atomic mass is 10.0. The predicted octanol–water partition coefficient (Wildman–Crippen LogP) is 1.72. The number of aromatic nitrogens is 2. The summed E-state index contributed by atoms with van der Waals surface area (Å²) in [7, 11) is -3.96. The number of halogens is 1. The minimum atomic E-state index is -3.96. The van der Waals surface area contributed by atoms with Crippen molar-refractivity contribution in [2.24, 2.45) is 5.92 Å². The van der Waals surface area contributed by atoms with Crippen LogP contribution < -0.4 is 15.4 Å². The van der Waals surface area contributed by atoms with Gasteiger partial charge in [0.15, 0.2) is 0 Å². The smallest absolute Gasteiger partial charge is 0.324 e. The number of carbonyl (C=O) groups is 3. The number of benzene rings is 2. The van der Waals surface area contributed by atoms with Gasteiger partial charge in [-0.25, -0.2) is 32.3 Å². The first-order valence-corrected chi connectivity index (χ1v) is 11.8. The van der Waals surface area contributed by atoms with E-state index in [1.54, 1.807) is 6.07 Å². The maximum atomic E-state index is 14.0. The van der Waals surface area contributed by atoms with Crippen LogP contribution in [0.2, 0.25) is 0 Å². The summed E-state index contributed by atoms with van der Waals surface area (Å²) in [4.78, 5) is 46.0. The normalized spacial score (nSPS) is 15.9. The second kappa shape index (κ2) is 9.85. The Labute approximate surface area is 199 Å². The third kappa shape index (κ3) is 5.41. The maximum absolute atomic E-state index is 14.0. The van der Waals surface area contributed by atoms with E-state index in [0.29, 0.717) is 0 Å². The van der Waals surface area contributed by atoms with Crippen LogP contribution in [-0.4, -0.2) is 47.7 Å². The van der Waals surface area contributed by atoms with Crippen molar-refractivity contribution in [2.45, 2.75) is 11.4 Å². The van der Waals surface area contributed by atoms with Crippen LogP contribution >= 0.6 is 0 Å². The minimum absolute atomic E-state index is 0.0947. The molecular weight excluding hydrogens is 479 g/mol. The van der Waals surface area contributed by atoms with Crippen LogP contribution in [0.3, 0.4) is 0 Å². The number of anilines is 2. The molecule has 3 N–H and O–H groups in total. The Morgan fingerprint density at radius 2 is 1.74 bits per heavy atom. The summed E-state index contributed by atoms with van der Waals surface area (Å²) in [5.41, 5.74) is 0.360. The molecule has 13 heteroatoms. The molecule has 2 aromatic carbocycles. The highest BCUT2D eigenvalue weighted by Crippen LogP contribution is 2.20. The van der Waals surface area contributed by atoms with Crippen LogP contribution in [0.5, 0.6) is 0 Å². The number of carbonyl (C=O) groups excluding carboxylic acids is 3. The number of nitrogens with one attached hydrogen (secondary N) is 3. The second-order valence-corrected chi connectivity index (χ2v) is 9.13. The Morgan fingerprint density at radius 1 is 1.06 bits per heavy atom. The Morgan fingerprint density at radius 3 is 2.43 bits per heavy atom. The highest BCUT2D eigenvalue weighted by atomic mass is 32.2. The lowest BCUT2D eigenvalue weighted by Crippen LogP contribution is -2.57. The van der Waals surface area contributed by atoms with Crippen molar-refractivity contribution < 1.29 is 27.2 Å². The molecule has 35 heavy (non-hydrogen) atoms. The van der Waals surface area contributed by atoms with E-state index < -0.39 is 39.6 Å². The fourth-order valence-electron chi connectivity index (χ4n) is 3.29. The number of amides is 4. The number of rotatable bonds is 7. The summed E-state index contributed by atoms with van der Waals surface area (Å²) in [6.45, 7) is -0.559. The minimum Gasteiger partial charge on any atom is -0.336 e. The van der Waals surface area contributed by atoms with Gasteiger partial charge in [-0.05, 0) is 36.4 Å². The largest absolute Gasteiger partial charge is 0.336 e. The predicted molar refractivity (Wildman–Crippen MR) is 122 cm³/mol. The second-order valence-electron chi connectivity index (χ2n) is 7.45. The van der Waals surface area contributed by atoms with Crippen LogP contribution in [0.4, 0.5) is 20.8 Å².